The normalized spacial score (nSPS) is 14.3. The van der Waals surface area contributed by atoms with Crippen LogP contribution in [-0.2, 0) is 11.4 Å². The number of amides is 1. The van der Waals surface area contributed by atoms with Crippen LogP contribution < -0.4 is 19.4 Å². The molecule has 8 heteroatoms. The van der Waals surface area contributed by atoms with Crippen molar-refractivity contribution in [2.24, 2.45) is 0 Å². The van der Waals surface area contributed by atoms with Gasteiger partial charge in [-0.15, -0.1) is 0 Å². The minimum Gasteiger partial charge on any atom is -0.854 e. The number of benzene rings is 3. The van der Waals surface area contributed by atoms with Crippen molar-refractivity contribution >= 4 is 23.4 Å². The lowest BCUT2D eigenvalue weighted by Gasteiger charge is -2.33. The quantitative estimate of drug-likeness (QED) is 0.327. The fourth-order valence-electron chi connectivity index (χ4n) is 4.20. The zero-order valence-electron chi connectivity index (χ0n) is 18.7. The number of carbonyl (C=O) groups is 1. The van der Waals surface area contributed by atoms with Gasteiger partial charge in [0.2, 0.25) is 5.91 Å². The summed E-state index contributed by atoms with van der Waals surface area (Å²) in [6, 6.07) is 24.7. The molecule has 0 saturated heterocycles. The first kappa shape index (κ1) is 21.9. The molecule has 0 spiro atoms. The predicted octanol–water partition coefficient (Wildman–Crippen LogP) is 3.72. The van der Waals surface area contributed by atoms with Crippen LogP contribution in [0.4, 0.5) is 5.69 Å². The van der Waals surface area contributed by atoms with E-state index in [0.29, 0.717) is 34.5 Å². The number of hydrogen-bond donors (Lipinski definition) is 0. The number of thioether (sulfide) groups is 1. The molecule has 0 saturated carbocycles. The van der Waals surface area contributed by atoms with Gasteiger partial charge >= 0.3 is 0 Å². The number of carbonyl (C=O) groups excluding carboxylic acids is 1. The standard InChI is InChI=1S/C26H22N4O3S/c1-17(31)29-21-14-8-6-12-19(21)23-24(32)27-26(34-2)28-30(23)25(29)20-13-7-9-15-22(20)33-16-18-10-4-3-5-11-18/h3-15,25H,16H2,1-2H3. The fourth-order valence-corrected chi connectivity index (χ4v) is 4.55. The number of anilines is 1. The molecule has 34 heavy (non-hydrogen) atoms. The minimum absolute atomic E-state index is 0.176. The van der Waals surface area contributed by atoms with Gasteiger partial charge in [0.1, 0.15) is 12.4 Å². The highest BCUT2D eigenvalue weighted by Gasteiger charge is 2.45. The van der Waals surface area contributed by atoms with Gasteiger partial charge in [-0.05, 0) is 36.1 Å². The van der Waals surface area contributed by atoms with Crippen molar-refractivity contribution in [1.29, 1.82) is 0 Å². The van der Waals surface area contributed by atoms with Crippen LogP contribution in [0.15, 0.2) is 84.0 Å². The van der Waals surface area contributed by atoms with Crippen LogP contribution in [0.3, 0.4) is 0 Å². The first-order valence-electron chi connectivity index (χ1n) is 10.8. The van der Waals surface area contributed by atoms with E-state index in [1.54, 1.807) is 9.58 Å². The highest BCUT2D eigenvalue weighted by Crippen LogP contribution is 2.42. The Hall–Kier alpha value is -3.91. The monoisotopic (exact) mass is 470 g/mol. The summed E-state index contributed by atoms with van der Waals surface area (Å²) < 4.78 is 7.82. The van der Waals surface area contributed by atoms with E-state index in [4.69, 9.17) is 4.74 Å². The number of nitrogens with zero attached hydrogens (tertiary/aromatic N) is 4. The van der Waals surface area contributed by atoms with Crippen LogP contribution in [-0.4, -0.2) is 22.2 Å². The maximum atomic E-state index is 13.1. The molecular formula is C26H22N4O3S. The van der Waals surface area contributed by atoms with E-state index < -0.39 is 6.17 Å². The van der Waals surface area contributed by atoms with Gasteiger partial charge in [0.05, 0.1) is 22.7 Å². The largest absolute Gasteiger partial charge is 0.854 e. The molecule has 170 valence electrons. The molecule has 0 N–H and O–H groups in total. The molecule has 1 aromatic heterocycles. The summed E-state index contributed by atoms with van der Waals surface area (Å²) in [6.45, 7) is 1.88. The van der Waals surface area contributed by atoms with Gasteiger partial charge in [0.15, 0.2) is 0 Å². The summed E-state index contributed by atoms with van der Waals surface area (Å²) in [6.07, 6.45) is 1.10. The number of rotatable bonds is 5. The third-order valence-electron chi connectivity index (χ3n) is 5.67. The number of para-hydroxylation sites is 2. The van der Waals surface area contributed by atoms with E-state index in [9.17, 15) is 9.90 Å². The van der Waals surface area contributed by atoms with E-state index in [2.05, 4.69) is 10.1 Å². The lowest BCUT2D eigenvalue weighted by atomic mass is 10.0. The molecule has 3 aromatic carbocycles. The van der Waals surface area contributed by atoms with Gasteiger partial charge in [0.25, 0.3) is 17.0 Å². The van der Waals surface area contributed by atoms with Crippen LogP contribution >= 0.6 is 11.8 Å². The van der Waals surface area contributed by atoms with E-state index in [1.165, 1.54) is 18.7 Å². The molecule has 1 aliphatic heterocycles. The molecule has 1 aliphatic rings. The van der Waals surface area contributed by atoms with Crippen LogP contribution in [0.2, 0.25) is 0 Å². The summed E-state index contributed by atoms with van der Waals surface area (Å²) in [5.74, 6) is 0.0464. The lowest BCUT2D eigenvalue weighted by molar-refractivity contribution is -0.764. The maximum absolute atomic E-state index is 13.1. The number of aromatic nitrogens is 3. The third-order valence-corrected chi connectivity index (χ3v) is 6.21. The number of fused-ring (bicyclic) bond motifs is 3. The maximum Gasteiger partial charge on any atom is 0.296 e. The van der Waals surface area contributed by atoms with Gasteiger partial charge in [-0.3, -0.25) is 4.79 Å². The Kier molecular flexibility index (Phi) is 5.90. The van der Waals surface area contributed by atoms with Crippen molar-refractivity contribution in [2.75, 3.05) is 11.2 Å². The summed E-state index contributed by atoms with van der Waals surface area (Å²) in [5, 5.41) is 18.1. The number of ether oxygens (including phenoxy) is 1. The Morgan fingerprint density at radius 3 is 2.53 bits per heavy atom. The van der Waals surface area contributed by atoms with Gasteiger partial charge in [-0.2, -0.15) is 0 Å². The second-order valence-corrected chi connectivity index (χ2v) is 8.56. The van der Waals surface area contributed by atoms with Gasteiger partial charge < -0.3 is 9.84 Å². The molecule has 5 rings (SSSR count). The van der Waals surface area contributed by atoms with Crippen LogP contribution in [0.5, 0.6) is 11.6 Å². The lowest BCUT2D eigenvalue weighted by Crippen LogP contribution is -2.58. The zero-order valence-corrected chi connectivity index (χ0v) is 19.5. The van der Waals surface area contributed by atoms with Crippen molar-refractivity contribution in [3.63, 3.8) is 0 Å². The van der Waals surface area contributed by atoms with E-state index in [1.807, 2.05) is 85.1 Å². The van der Waals surface area contributed by atoms with Crippen LogP contribution in [0, 0.1) is 0 Å². The summed E-state index contributed by atoms with van der Waals surface area (Å²) in [7, 11) is 0. The molecular weight excluding hydrogens is 448 g/mol. The van der Waals surface area contributed by atoms with E-state index in [-0.39, 0.29) is 11.8 Å². The Morgan fingerprint density at radius 1 is 1.06 bits per heavy atom. The van der Waals surface area contributed by atoms with Crippen molar-refractivity contribution < 1.29 is 19.3 Å². The van der Waals surface area contributed by atoms with Crippen LogP contribution in [0.1, 0.15) is 24.2 Å². The van der Waals surface area contributed by atoms with Gasteiger partial charge in [-0.1, -0.05) is 71.0 Å². The second kappa shape index (κ2) is 9.15. The molecule has 7 nitrogen and oxygen atoms in total. The zero-order chi connectivity index (χ0) is 23.7. The topological polar surface area (TPSA) is 82.3 Å². The first-order chi connectivity index (χ1) is 16.6. The van der Waals surface area contributed by atoms with E-state index >= 15 is 0 Å². The van der Waals surface area contributed by atoms with Crippen molar-refractivity contribution in [3.05, 3.63) is 90.0 Å². The third kappa shape index (κ3) is 3.86. The predicted molar refractivity (Wildman–Crippen MR) is 127 cm³/mol. The molecule has 1 amide bonds. The summed E-state index contributed by atoms with van der Waals surface area (Å²) in [5.41, 5.74) is 3.34. The Labute approximate surface area is 201 Å². The molecule has 4 aromatic rings. The van der Waals surface area contributed by atoms with Gasteiger partial charge in [0, 0.05) is 12.0 Å². The highest BCUT2D eigenvalue weighted by molar-refractivity contribution is 7.98. The van der Waals surface area contributed by atoms with Crippen molar-refractivity contribution in [1.82, 2.24) is 10.1 Å². The van der Waals surface area contributed by atoms with Crippen molar-refractivity contribution in [3.8, 4) is 22.9 Å². The van der Waals surface area contributed by atoms with Gasteiger partial charge in [-0.25, -0.2) is 9.88 Å². The highest BCUT2D eigenvalue weighted by atomic mass is 32.2. The summed E-state index contributed by atoms with van der Waals surface area (Å²) in [4.78, 5) is 18.8. The molecule has 1 atom stereocenters. The Morgan fingerprint density at radius 2 is 1.76 bits per heavy atom. The fraction of sp³-hybridized carbons (Fsp3) is 0.154. The molecule has 0 bridgehead atoms. The SMILES string of the molecule is CSc1nc([O-])c2[n+](n1)C(c1ccccc1OCc1ccccc1)N(C(C)=O)c1ccccc1-2. The molecule has 2 heterocycles. The Balaban J connectivity index is 1.70. The number of hydrogen-bond acceptors (Lipinski definition) is 6. The summed E-state index contributed by atoms with van der Waals surface area (Å²) >= 11 is 1.28. The minimum atomic E-state index is -0.712. The molecule has 0 fully saturated rings. The Bertz CT molecular complexity index is 1360. The molecule has 0 radical (unpaired) electrons. The average Bonchev–Trinajstić information content (AvgIpc) is 2.87. The molecule has 1 unspecified atom stereocenters. The van der Waals surface area contributed by atoms with Crippen LogP contribution in [0.25, 0.3) is 11.3 Å². The average molecular weight is 471 g/mol. The van der Waals surface area contributed by atoms with E-state index in [0.717, 1.165) is 11.1 Å². The first-order valence-corrected chi connectivity index (χ1v) is 12.0. The smallest absolute Gasteiger partial charge is 0.296 e. The van der Waals surface area contributed by atoms with Crippen molar-refractivity contribution in [2.45, 2.75) is 24.9 Å². The molecule has 0 aliphatic carbocycles. The second-order valence-electron chi connectivity index (χ2n) is 7.79.